The van der Waals surface area contributed by atoms with Crippen LogP contribution in [0.5, 0.6) is 0 Å². The van der Waals surface area contributed by atoms with Gasteiger partial charge in [-0.3, -0.25) is 4.79 Å². The van der Waals surface area contributed by atoms with E-state index < -0.39 is 124 Å². The molecule has 3 fully saturated rings. The normalized spacial score (nSPS) is 33.7. The lowest BCUT2D eigenvalue weighted by Crippen LogP contribution is -2.66. The number of unbranched alkanes of at least 4 members (excludes halogenated alkanes) is 16. The molecular formula is C48H87NO18. The number of carbonyl (C=O) groups is 1. The summed E-state index contributed by atoms with van der Waals surface area (Å²) < 4.78 is 34.0. The van der Waals surface area contributed by atoms with Crippen LogP contribution in [-0.2, 0) is 33.2 Å². The fourth-order valence-corrected chi connectivity index (χ4v) is 8.50. The fourth-order valence-electron chi connectivity index (χ4n) is 8.50. The molecule has 0 aliphatic carbocycles. The average molecular weight is 966 g/mol. The molecule has 1 amide bonds. The van der Waals surface area contributed by atoms with Gasteiger partial charge in [0.1, 0.15) is 73.2 Å². The van der Waals surface area contributed by atoms with E-state index in [-0.39, 0.29) is 18.9 Å². The Labute approximate surface area is 397 Å². The van der Waals surface area contributed by atoms with E-state index in [0.29, 0.717) is 12.8 Å². The van der Waals surface area contributed by atoms with Crippen LogP contribution >= 0.6 is 0 Å². The summed E-state index contributed by atoms with van der Waals surface area (Å²) in [6, 6.07) is -0.981. The third-order valence-corrected chi connectivity index (χ3v) is 12.8. The molecule has 3 rings (SSSR count). The molecular weight excluding hydrogens is 879 g/mol. The first-order chi connectivity index (χ1) is 32.3. The number of hydrogen-bond acceptors (Lipinski definition) is 18. The van der Waals surface area contributed by atoms with Crippen molar-refractivity contribution in [1.29, 1.82) is 0 Å². The van der Waals surface area contributed by atoms with Crippen LogP contribution in [0.2, 0.25) is 0 Å². The van der Waals surface area contributed by atoms with Crippen LogP contribution in [0.25, 0.3) is 0 Å². The molecule has 67 heavy (non-hydrogen) atoms. The highest BCUT2D eigenvalue weighted by Crippen LogP contribution is 2.33. The van der Waals surface area contributed by atoms with Gasteiger partial charge in [0.2, 0.25) is 5.91 Å². The number of allylic oxidation sites excluding steroid dienone is 3. The number of hydrogen-bond donors (Lipinski definition) is 12. The summed E-state index contributed by atoms with van der Waals surface area (Å²) in [6.07, 6.45) is 2.21. The highest BCUT2D eigenvalue weighted by molar-refractivity contribution is 5.76. The van der Waals surface area contributed by atoms with E-state index in [1.165, 1.54) is 57.8 Å². The van der Waals surface area contributed by atoms with Crippen molar-refractivity contribution in [3.8, 4) is 0 Å². The molecule has 3 aliphatic rings. The first-order valence-electron chi connectivity index (χ1n) is 25.1. The second-order valence-electron chi connectivity index (χ2n) is 18.3. The van der Waals surface area contributed by atoms with E-state index in [1.807, 2.05) is 6.08 Å². The number of ether oxygens (including phenoxy) is 6. The van der Waals surface area contributed by atoms with E-state index in [4.69, 9.17) is 28.4 Å². The van der Waals surface area contributed by atoms with E-state index in [2.05, 4.69) is 31.3 Å². The lowest BCUT2D eigenvalue weighted by atomic mass is 9.96. The summed E-state index contributed by atoms with van der Waals surface area (Å²) in [4.78, 5) is 13.1. The molecule has 19 heteroatoms. The summed E-state index contributed by atoms with van der Waals surface area (Å²) in [7, 11) is 0. The molecule has 392 valence electrons. The molecule has 0 spiro atoms. The third-order valence-electron chi connectivity index (χ3n) is 12.8. The van der Waals surface area contributed by atoms with Gasteiger partial charge in [-0.15, -0.1) is 0 Å². The molecule has 3 heterocycles. The Hall–Kier alpha value is -1.73. The molecule has 0 saturated carbocycles. The number of rotatable bonds is 34. The summed E-state index contributed by atoms with van der Waals surface area (Å²) >= 11 is 0. The molecule has 0 aromatic heterocycles. The van der Waals surface area contributed by atoms with Crippen LogP contribution in [0.4, 0.5) is 0 Å². The van der Waals surface area contributed by atoms with Crippen molar-refractivity contribution < 1.29 is 89.4 Å². The Kier molecular flexibility index (Phi) is 30.0. The second-order valence-corrected chi connectivity index (χ2v) is 18.3. The summed E-state index contributed by atoms with van der Waals surface area (Å²) in [5.41, 5.74) is 0. The highest BCUT2D eigenvalue weighted by Gasteiger charge is 2.53. The minimum atomic E-state index is -1.98. The molecule has 0 radical (unpaired) electrons. The zero-order valence-corrected chi connectivity index (χ0v) is 39.9. The Bertz CT molecular complexity index is 1340. The maximum atomic E-state index is 13.1. The average Bonchev–Trinajstić information content (AvgIpc) is 3.32. The maximum Gasteiger partial charge on any atom is 0.220 e. The molecule has 3 aliphatic heterocycles. The zero-order chi connectivity index (χ0) is 49.1. The molecule has 3 saturated heterocycles. The van der Waals surface area contributed by atoms with Crippen molar-refractivity contribution in [2.75, 3.05) is 26.4 Å². The van der Waals surface area contributed by atoms with Gasteiger partial charge in [-0.25, -0.2) is 0 Å². The van der Waals surface area contributed by atoms with Crippen LogP contribution in [-0.4, -0.2) is 193 Å². The summed E-state index contributed by atoms with van der Waals surface area (Å²) in [6.45, 7) is 1.59. The molecule has 19 nitrogen and oxygen atoms in total. The van der Waals surface area contributed by atoms with Gasteiger partial charge in [0.25, 0.3) is 0 Å². The van der Waals surface area contributed by atoms with Crippen molar-refractivity contribution in [3.05, 3.63) is 24.3 Å². The van der Waals surface area contributed by atoms with Crippen molar-refractivity contribution in [2.24, 2.45) is 0 Å². The number of carbonyl (C=O) groups excluding carboxylic acids is 1. The van der Waals surface area contributed by atoms with Crippen molar-refractivity contribution >= 4 is 5.91 Å². The van der Waals surface area contributed by atoms with Gasteiger partial charge in [-0.2, -0.15) is 0 Å². The first kappa shape index (κ1) is 59.6. The lowest BCUT2D eigenvalue weighted by molar-refractivity contribution is -0.379. The highest BCUT2D eigenvalue weighted by atomic mass is 16.8. The van der Waals surface area contributed by atoms with Gasteiger partial charge in [0.05, 0.1) is 38.6 Å². The van der Waals surface area contributed by atoms with Gasteiger partial charge >= 0.3 is 0 Å². The Morgan fingerprint density at radius 2 is 0.955 bits per heavy atom. The predicted molar refractivity (Wildman–Crippen MR) is 245 cm³/mol. The molecule has 12 N–H and O–H groups in total. The van der Waals surface area contributed by atoms with Gasteiger partial charge < -0.3 is 89.9 Å². The number of aliphatic hydroxyl groups excluding tert-OH is 11. The largest absolute Gasteiger partial charge is 0.394 e. The second kappa shape index (κ2) is 33.8. The van der Waals surface area contributed by atoms with Gasteiger partial charge in [0, 0.05) is 6.42 Å². The predicted octanol–water partition coefficient (Wildman–Crippen LogP) is 1.25. The van der Waals surface area contributed by atoms with Gasteiger partial charge in [-0.1, -0.05) is 128 Å². The molecule has 17 atom stereocenters. The SMILES string of the molecule is CCCCCCCCCCC/C=C/CC/C=C/C(O)C(COC1OC(CO)C(OC2OC(CO)C(OC3OC(CO)C(O)C(O)C3O)C(O)C2O)C(O)C1O)NC(=O)CCCCCCCCC. The summed E-state index contributed by atoms with van der Waals surface area (Å²) in [5.74, 6) is -0.295. The number of nitrogens with one attached hydrogen (secondary N) is 1. The number of aliphatic hydroxyl groups is 11. The van der Waals surface area contributed by atoms with Crippen LogP contribution in [0.3, 0.4) is 0 Å². The van der Waals surface area contributed by atoms with Crippen molar-refractivity contribution in [2.45, 2.75) is 247 Å². The van der Waals surface area contributed by atoms with E-state index >= 15 is 0 Å². The quantitative estimate of drug-likeness (QED) is 0.0319. The lowest BCUT2D eigenvalue weighted by Gasteiger charge is -2.48. The standard InChI is InChI=1S/C48H87NO18/c1-3-5-7-9-11-12-13-14-15-16-17-18-20-21-23-25-32(53)31(49-36(54)26-24-22-19-10-8-6-4-2)30-62-46-42(60)39(57)44(34(28-51)64-46)67-48-43(61)40(58)45(35(29-52)65-48)66-47-41(59)38(56)37(55)33(27-50)63-47/h17-18,23,25,31-35,37-48,50-53,55-61H,3-16,19-22,24,26-30H2,1-2H3,(H,49,54)/b18-17+,25-23+. The topological polar surface area (TPSA) is 307 Å². The molecule has 0 aromatic rings. The minimum absolute atomic E-state index is 0.235. The van der Waals surface area contributed by atoms with Crippen molar-refractivity contribution in [1.82, 2.24) is 5.32 Å². The zero-order valence-electron chi connectivity index (χ0n) is 39.9. The van der Waals surface area contributed by atoms with E-state index in [0.717, 1.165) is 51.4 Å². The fraction of sp³-hybridized carbons (Fsp3) is 0.896. The van der Waals surface area contributed by atoms with Crippen LogP contribution in [0.1, 0.15) is 142 Å². The van der Waals surface area contributed by atoms with E-state index in [9.17, 15) is 61.0 Å². The molecule has 17 unspecified atom stereocenters. The minimum Gasteiger partial charge on any atom is -0.394 e. The monoisotopic (exact) mass is 966 g/mol. The van der Waals surface area contributed by atoms with Crippen LogP contribution in [0, 0.1) is 0 Å². The maximum absolute atomic E-state index is 13.1. The van der Waals surface area contributed by atoms with Crippen LogP contribution < -0.4 is 5.32 Å². The van der Waals surface area contributed by atoms with Crippen molar-refractivity contribution in [3.63, 3.8) is 0 Å². The Morgan fingerprint density at radius 3 is 1.49 bits per heavy atom. The first-order valence-corrected chi connectivity index (χ1v) is 25.1. The molecule has 0 aromatic carbocycles. The number of amides is 1. The smallest absolute Gasteiger partial charge is 0.220 e. The Balaban J connectivity index is 1.57. The van der Waals surface area contributed by atoms with Gasteiger partial charge in [0.15, 0.2) is 18.9 Å². The Morgan fingerprint density at radius 1 is 0.522 bits per heavy atom. The van der Waals surface area contributed by atoms with Crippen LogP contribution in [0.15, 0.2) is 24.3 Å². The molecule has 0 bridgehead atoms. The van der Waals surface area contributed by atoms with E-state index in [1.54, 1.807) is 6.08 Å². The van der Waals surface area contributed by atoms with Gasteiger partial charge in [-0.05, 0) is 32.1 Å². The summed E-state index contributed by atoms with van der Waals surface area (Å²) in [5, 5.41) is 119. The third kappa shape index (κ3) is 20.1.